The molecule has 1 amide bonds. The standard InChI is InChI=1S/C11H11N5O3/c1-18-8-5-3-2-4-7(8)6-13-14-11(17)9-10(12)16-19-15-9/h2-6H,1H3,(H2,12,16)(H,14,17)/b13-6-. The van der Waals surface area contributed by atoms with E-state index in [0.717, 1.165) is 5.56 Å². The van der Waals surface area contributed by atoms with E-state index in [-0.39, 0.29) is 11.5 Å². The van der Waals surface area contributed by atoms with E-state index in [1.807, 2.05) is 12.1 Å². The average molecular weight is 261 g/mol. The van der Waals surface area contributed by atoms with Gasteiger partial charge in [0.25, 0.3) is 5.91 Å². The second kappa shape index (κ2) is 5.63. The number of nitrogens with one attached hydrogen (secondary N) is 1. The summed E-state index contributed by atoms with van der Waals surface area (Å²) >= 11 is 0. The second-order valence-electron chi connectivity index (χ2n) is 3.44. The van der Waals surface area contributed by atoms with Crippen LogP contribution in [0.2, 0.25) is 0 Å². The van der Waals surface area contributed by atoms with Gasteiger partial charge < -0.3 is 10.5 Å². The number of benzene rings is 1. The highest BCUT2D eigenvalue weighted by atomic mass is 16.6. The summed E-state index contributed by atoms with van der Waals surface area (Å²) in [4.78, 5) is 11.6. The Kier molecular flexibility index (Phi) is 3.72. The predicted octanol–water partition coefficient (Wildman–Crippen LogP) is 0.424. The first kappa shape index (κ1) is 12.6. The van der Waals surface area contributed by atoms with Crippen molar-refractivity contribution >= 4 is 17.9 Å². The number of aromatic nitrogens is 2. The number of amides is 1. The molecule has 1 aromatic carbocycles. The second-order valence-corrected chi connectivity index (χ2v) is 3.44. The molecule has 1 heterocycles. The number of ether oxygens (including phenoxy) is 1. The van der Waals surface area contributed by atoms with Gasteiger partial charge in [0.2, 0.25) is 11.5 Å². The summed E-state index contributed by atoms with van der Waals surface area (Å²) in [6.07, 6.45) is 1.44. The van der Waals surface area contributed by atoms with Gasteiger partial charge in [-0.3, -0.25) is 4.79 Å². The normalized spacial score (nSPS) is 10.6. The number of nitrogens with zero attached hydrogens (tertiary/aromatic N) is 3. The lowest BCUT2D eigenvalue weighted by molar-refractivity contribution is 0.0946. The average Bonchev–Trinajstić information content (AvgIpc) is 2.85. The van der Waals surface area contributed by atoms with Crippen LogP contribution in [-0.2, 0) is 0 Å². The highest BCUT2D eigenvalue weighted by Crippen LogP contribution is 2.14. The Bertz CT molecular complexity index is 608. The maximum Gasteiger partial charge on any atom is 0.297 e. The Balaban J connectivity index is 2.04. The van der Waals surface area contributed by atoms with Crippen molar-refractivity contribution in [2.24, 2.45) is 5.10 Å². The molecule has 0 aliphatic heterocycles. The van der Waals surface area contributed by atoms with Gasteiger partial charge in [-0.1, -0.05) is 12.1 Å². The minimum absolute atomic E-state index is 0.0926. The highest BCUT2D eigenvalue weighted by molar-refractivity contribution is 5.96. The smallest absolute Gasteiger partial charge is 0.297 e. The van der Waals surface area contributed by atoms with Crippen molar-refractivity contribution in [1.82, 2.24) is 15.7 Å². The molecule has 0 atom stereocenters. The van der Waals surface area contributed by atoms with Gasteiger partial charge in [-0.05, 0) is 22.4 Å². The first-order valence-electron chi connectivity index (χ1n) is 5.27. The molecule has 2 aromatic rings. The van der Waals surface area contributed by atoms with Crippen LogP contribution in [0.25, 0.3) is 0 Å². The minimum Gasteiger partial charge on any atom is -0.496 e. The first-order valence-corrected chi connectivity index (χ1v) is 5.27. The van der Waals surface area contributed by atoms with E-state index in [2.05, 4.69) is 25.5 Å². The molecular formula is C11H11N5O3. The van der Waals surface area contributed by atoms with Gasteiger partial charge in [0.15, 0.2) is 0 Å². The van der Waals surface area contributed by atoms with E-state index >= 15 is 0 Å². The van der Waals surface area contributed by atoms with Crippen molar-refractivity contribution in [2.75, 3.05) is 12.8 Å². The SMILES string of the molecule is COc1ccccc1/C=N\NC(=O)c1nonc1N. The lowest BCUT2D eigenvalue weighted by atomic mass is 10.2. The van der Waals surface area contributed by atoms with Crippen LogP contribution in [0.4, 0.5) is 5.82 Å². The number of carbonyl (C=O) groups excluding carboxylic acids is 1. The molecule has 8 heteroatoms. The molecule has 0 fully saturated rings. The number of nitrogens with two attached hydrogens (primary N) is 1. The number of para-hydroxylation sites is 1. The predicted molar refractivity (Wildman–Crippen MR) is 66.8 cm³/mol. The molecule has 8 nitrogen and oxygen atoms in total. The molecule has 0 radical (unpaired) electrons. The molecule has 0 aliphatic rings. The molecule has 3 N–H and O–H groups in total. The number of methoxy groups -OCH3 is 1. The largest absolute Gasteiger partial charge is 0.496 e. The van der Waals surface area contributed by atoms with Crippen molar-refractivity contribution < 1.29 is 14.2 Å². The van der Waals surface area contributed by atoms with Crippen molar-refractivity contribution in [3.05, 3.63) is 35.5 Å². The molecule has 0 unspecified atom stereocenters. The monoisotopic (exact) mass is 261 g/mol. The zero-order chi connectivity index (χ0) is 13.7. The van der Waals surface area contributed by atoms with E-state index in [1.165, 1.54) is 6.21 Å². The van der Waals surface area contributed by atoms with Crippen molar-refractivity contribution in [3.63, 3.8) is 0 Å². The summed E-state index contributed by atoms with van der Waals surface area (Å²) in [7, 11) is 1.55. The molecule has 0 aliphatic carbocycles. The number of carbonyl (C=O) groups is 1. The van der Waals surface area contributed by atoms with Crippen LogP contribution < -0.4 is 15.9 Å². The first-order chi connectivity index (χ1) is 9.22. The van der Waals surface area contributed by atoms with E-state index in [0.29, 0.717) is 5.75 Å². The third-order valence-electron chi connectivity index (χ3n) is 2.24. The van der Waals surface area contributed by atoms with E-state index in [1.54, 1.807) is 19.2 Å². The van der Waals surface area contributed by atoms with Crippen LogP contribution in [-0.4, -0.2) is 29.5 Å². The summed E-state index contributed by atoms with van der Waals surface area (Å²) < 4.78 is 9.44. The van der Waals surface area contributed by atoms with E-state index in [9.17, 15) is 4.79 Å². The minimum atomic E-state index is -0.607. The lowest BCUT2D eigenvalue weighted by Gasteiger charge is -2.02. The molecule has 0 bridgehead atoms. The van der Waals surface area contributed by atoms with Gasteiger partial charge in [-0.15, -0.1) is 0 Å². The molecule has 0 saturated heterocycles. The zero-order valence-corrected chi connectivity index (χ0v) is 10.0. The van der Waals surface area contributed by atoms with Gasteiger partial charge in [-0.2, -0.15) is 5.10 Å². The van der Waals surface area contributed by atoms with Gasteiger partial charge >= 0.3 is 0 Å². The number of nitrogen functional groups attached to an aromatic ring is 1. The fraction of sp³-hybridized carbons (Fsp3) is 0.0909. The van der Waals surface area contributed by atoms with Crippen molar-refractivity contribution in [1.29, 1.82) is 0 Å². The third-order valence-corrected chi connectivity index (χ3v) is 2.24. The van der Waals surface area contributed by atoms with Crippen LogP contribution in [0, 0.1) is 0 Å². The molecule has 2 rings (SSSR count). The van der Waals surface area contributed by atoms with Gasteiger partial charge in [-0.25, -0.2) is 10.1 Å². The summed E-state index contributed by atoms with van der Waals surface area (Å²) in [6, 6.07) is 7.23. The van der Waals surface area contributed by atoms with Crippen molar-refractivity contribution in [3.8, 4) is 5.75 Å². The number of anilines is 1. The number of hydrogen-bond donors (Lipinski definition) is 2. The van der Waals surface area contributed by atoms with Crippen LogP contribution in [0.1, 0.15) is 16.1 Å². The third kappa shape index (κ3) is 2.86. The quantitative estimate of drug-likeness (QED) is 0.608. The Morgan fingerprint density at radius 2 is 2.26 bits per heavy atom. The van der Waals surface area contributed by atoms with Gasteiger partial charge in [0.05, 0.1) is 13.3 Å². The summed E-state index contributed by atoms with van der Waals surface area (Å²) in [5.41, 5.74) is 8.23. The van der Waals surface area contributed by atoms with E-state index in [4.69, 9.17) is 10.5 Å². The fourth-order valence-corrected chi connectivity index (χ4v) is 1.34. The number of hydrazone groups is 1. The van der Waals surface area contributed by atoms with Gasteiger partial charge in [0, 0.05) is 5.56 Å². The maximum atomic E-state index is 11.6. The van der Waals surface area contributed by atoms with Crippen LogP contribution in [0.5, 0.6) is 5.75 Å². The lowest BCUT2D eigenvalue weighted by Crippen LogP contribution is -2.19. The topological polar surface area (TPSA) is 116 Å². The molecule has 0 saturated carbocycles. The highest BCUT2D eigenvalue weighted by Gasteiger charge is 2.14. The van der Waals surface area contributed by atoms with Gasteiger partial charge in [0.1, 0.15) is 5.75 Å². The van der Waals surface area contributed by atoms with Crippen LogP contribution in [0.15, 0.2) is 34.0 Å². The Labute approximate surface area is 108 Å². The molecule has 98 valence electrons. The van der Waals surface area contributed by atoms with Crippen LogP contribution in [0.3, 0.4) is 0 Å². The molecule has 0 spiro atoms. The molecule has 19 heavy (non-hydrogen) atoms. The summed E-state index contributed by atoms with van der Waals surface area (Å²) in [5, 5.41) is 10.4. The summed E-state index contributed by atoms with van der Waals surface area (Å²) in [6.45, 7) is 0. The Morgan fingerprint density at radius 1 is 1.47 bits per heavy atom. The number of rotatable bonds is 4. The maximum absolute atomic E-state index is 11.6. The Hall–Kier alpha value is -2.90. The van der Waals surface area contributed by atoms with E-state index < -0.39 is 5.91 Å². The van der Waals surface area contributed by atoms with Crippen LogP contribution >= 0.6 is 0 Å². The summed E-state index contributed by atoms with van der Waals surface area (Å²) in [5.74, 6) is -0.0574. The number of hydrogen-bond acceptors (Lipinski definition) is 7. The molecular weight excluding hydrogens is 250 g/mol. The fourth-order valence-electron chi connectivity index (χ4n) is 1.34. The molecule has 1 aromatic heterocycles. The zero-order valence-electron chi connectivity index (χ0n) is 10.0. The van der Waals surface area contributed by atoms with Crippen molar-refractivity contribution in [2.45, 2.75) is 0 Å². The Morgan fingerprint density at radius 3 is 2.95 bits per heavy atom.